The summed E-state index contributed by atoms with van der Waals surface area (Å²) in [5.41, 5.74) is 0.326. The summed E-state index contributed by atoms with van der Waals surface area (Å²) in [6.45, 7) is 0. The second-order valence-electron chi connectivity index (χ2n) is 2.14. The normalized spacial score (nSPS) is 9.55. The maximum atomic E-state index is 12.5. The lowest BCUT2D eigenvalue weighted by atomic mass is 9.96. The molecule has 0 aliphatic heterocycles. The molecule has 0 unspecified atom stereocenters. The summed E-state index contributed by atoms with van der Waals surface area (Å²) in [6.07, 6.45) is -0.0799. The fourth-order valence-corrected chi connectivity index (χ4v) is 0.780. The zero-order valence-electron chi connectivity index (χ0n) is 5.88. The van der Waals surface area contributed by atoms with Crippen LogP contribution in [-0.2, 0) is 0 Å². The molecule has 11 heavy (non-hydrogen) atoms. The molecule has 1 nitrogen and oxygen atoms in total. The monoisotopic (exact) mass is 148 g/mol. The molecule has 0 saturated heterocycles. The average molecular weight is 148 g/mol. The van der Waals surface area contributed by atoms with E-state index in [-0.39, 0.29) is 12.1 Å². The van der Waals surface area contributed by atoms with Crippen molar-refractivity contribution in [3.63, 3.8) is 0 Å². The largest absolute Gasteiger partial charge is 0.295 e. The quantitative estimate of drug-likeness (QED) is 0.459. The summed E-state index contributed by atoms with van der Waals surface area (Å²) in [6, 6.07) is 5.49. The minimum atomic E-state index is -0.413. The van der Waals surface area contributed by atoms with E-state index < -0.39 is 5.82 Å². The molecule has 0 amide bonds. The third-order valence-corrected chi connectivity index (χ3v) is 1.33. The van der Waals surface area contributed by atoms with Crippen molar-refractivity contribution >= 4 is 13.6 Å². The van der Waals surface area contributed by atoms with Crippen molar-refractivity contribution in [2.45, 2.75) is 6.32 Å². The highest BCUT2D eigenvalue weighted by atomic mass is 19.1. The Labute approximate surface area is 65.6 Å². The summed E-state index contributed by atoms with van der Waals surface area (Å²) < 4.78 is 12.5. The highest BCUT2D eigenvalue weighted by Crippen LogP contribution is 2.05. The van der Waals surface area contributed by atoms with E-state index in [1.807, 2.05) is 0 Å². The topological polar surface area (TPSA) is 17.1 Å². The summed E-state index contributed by atoms with van der Waals surface area (Å²) in [4.78, 5) is 10.9. The second-order valence-corrected chi connectivity index (χ2v) is 2.14. The van der Waals surface area contributed by atoms with Crippen LogP contribution in [0.1, 0.15) is 10.4 Å². The number of hydrogen-bond donors (Lipinski definition) is 0. The molecule has 54 valence electrons. The molecule has 1 aromatic rings. The zero-order chi connectivity index (χ0) is 8.27. The third-order valence-electron chi connectivity index (χ3n) is 1.33. The third kappa shape index (κ3) is 1.90. The summed E-state index contributed by atoms with van der Waals surface area (Å²) >= 11 is 0. The van der Waals surface area contributed by atoms with Crippen LogP contribution in [0, 0.1) is 5.82 Å². The first-order valence-electron chi connectivity index (χ1n) is 3.23. The average Bonchev–Trinajstić information content (AvgIpc) is 2.03. The number of ketones is 1. The van der Waals surface area contributed by atoms with Gasteiger partial charge in [-0.15, -0.1) is 0 Å². The lowest BCUT2D eigenvalue weighted by Crippen LogP contribution is -1.97. The van der Waals surface area contributed by atoms with Crippen molar-refractivity contribution in [2.24, 2.45) is 0 Å². The van der Waals surface area contributed by atoms with Gasteiger partial charge >= 0.3 is 0 Å². The lowest BCUT2D eigenvalue weighted by molar-refractivity contribution is 0.101. The highest BCUT2D eigenvalue weighted by molar-refractivity contribution is 6.23. The smallest absolute Gasteiger partial charge is 0.154 e. The van der Waals surface area contributed by atoms with E-state index in [9.17, 15) is 9.18 Å². The zero-order valence-corrected chi connectivity index (χ0v) is 5.88. The fourth-order valence-electron chi connectivity index (χ4n) is 0.780. The number of halogens is 1. The highest BCUT2D eigenvalue weighted by Gasteiger charge is 2.01. The van der Waals surface area contributed by atoms with Crippen LogP contribution in [0.2, 0.25) is 6.32 Å². The number of benzene rings is 1. The van der Waals surface area contributed by atoms with Gasteiger partial charge in [-0.2, -0.15) is 0 Å². The van der Waals surface area contributed by atoms with E-state index in [1.165, 1.54) is 24.3 Å². The predicted octanol–water partition coefficient (Wildman–Crippen LogP) is 1.60. The van der Waals surface area contributed by atoms with E-state index in [4.69, 9.17) is 7.85 Å². The van der Waals surface area contributed by atoms with Gasteiger partial charge < -0.3 is 0 Å². The van der Waals surface area contributed by atoms with Crippen molar-refractivity contribution in [3.05, 3.63) is 35.6 Å². The van der Waals surface area contributed by atoms with Crippen LogP contribution in [-0.4, -0.2) is 13.6 Å². The van der Waals surface area contributed by atoms with Crippen LogP contribution in [0.4, 0.5) is 4.39 Å². The first kappa shape index (κ1) is 7.99. The molecule has 0 saturated carbocycles. The minimum absolute atomic E-state index is 0.0799. The Balaban J connectivity index is 2.96. The number of rotatable bonds is 2. The molecule has 2 radical (unpaired) electrons. The van der Waals surface area contributed by atoms with Gasteiger partial charge in [-0.05, 0) is 18.5 Å². The van der Waals surface area contributed by atoms with Crippen LogP contribution >= 0.6 is 0 Å². The van der Waals surface area contributed by atoms with Gasteiger partial charge in [0.25, 0.3) is 0 Å². The molecule has 0 aromatic heterocycles. The Hall–Kier alpha value is -1.12. The maximum Gasteiger partial charge on any atom is 0.154 e. The van der Waals surface area contributed by atoms with E-state index in [0.717, 1.165) is 0 Å². The molecule has 1 aromatic carbocycles. The summed E-state index contributed by atoms with van der Waals surface area (Å²) in [5, 5.41) is 0. The first-order valence-corrected chi connectivity index (χ1v) is 3.23. The van der Waals surface area contributed by atoms with Gasteiger partial charge in [0.15, 0.2) is 5.78 Å². The number of Topliss-reactive ketones (excluding diaryl/α,β-unsaturated/α-hetero) is 1. The van der Waals surface area contributed by atoms with Gasteiger partial charge in [0.05, 0.1) is 7.85 Å². The van der Waals surface area contributed by atoms with Crippen LogP contribution < -0.4 is 0 Å². The summed E-state index contributed by atoms with van der Waals surface area (Å²) in [5.74, 6) is -0.659. The standard InChI is InChI=1S/C8H6BFO/c9-5-8(11)6-2-1-3-7(10)4-6/h1-4H,5H2. The number of hydrogen-bond acceptors (Lipinski definition) is 1. The summed E-state index contributed by atoms with van der Waals surface area (Å²) in [7, 11) is 5.08. The van der Waals surface area contributed by atoms with E-state index in [2.05, 4.69) is 0 Å². The molecule has 0 heterocycles. The molecular weight excluding hydrogens is 142 g/mol. The van der Waals surface area contributed by atoms with Gasteiger partial charge in [-0.3, -0.25) is 4.79 Å². The van der Waals surface area contributed by atoms with Crippen LogP contribution in [0.3, 0.4) is 0 Å². The molecule has 0 spiro atoms. The lowest BCUT2D eigenvalue weighted by Gasteiger charge is -1.95. The molecule has 3 heteroatoms. The van der Waals surface area contributed by atoms with E-state index >= 15 is 0 Å². The Morgan fingerprint density at radius 2 is 2.27 bits per heavy atom. The van der Waals surface area contributed by atoms with E-state index in [0.29, 0.717) is 5.56 Å². The van der Waals surface area contributed by atoms with Gasteiger partial charge in [0, 0.05) is 5.56 Å². The molecule has 0 N–H and O–H groups in total. The number of carbonyl (C=O) groups is 1. The fraction of sp³-hybridized carbons (Fsp3) is 0.125. The van der Waals surface area contributed by atoms with Gasteiger partial charge in [0.1, 0.15) is 5.82 Å². The maximum absolute atomic E-state index is 12.5. The Bertz CT molecular complexity index is 273. The second kappa shape index (κ2) is 3.33. The first-order chi connectivity index (χ1) is 5.24. The number of carbonyl (C=O) groups excluding carboxylic acids is 1. The van der Waals surface area contributed by atoms with Gasteiger partial charge in [-0.1, -0.05) is 12.1 Å². The Kier molecular flexibility index (Phi) is 2.42. The molecular formula is C8H6BFO. The Morgan fingerprint density at radius 1 is 1.55 bits per heavy atom. The van der Waals surface area contributed by atoms with Crippen molar-refractivity contribution in [1.29, 1.82) is 0 Å². The molecule has 0 atom stereocenters. The molecule has 0 bridgehead atoms. The molecule has 1 rings (SSSR count). The van der Waals surface area contributed by atoms with E-state index in [1.54, 1.807) is 0 Å². The Morgan fingerprint density at radius 3 is 2.82 bits per heavy atom. The predicted molar refractivity (Wildman–Crippen MR) is 41.3 cm³/mol. The van der Waals surface area contributed by atoms with Crippen molar-refractivity contribution in [3.8, 4) is 0 Å². The van der Waals surface area contributed by atoms with Crippen molar-refractivity contribution < 1.29 is 9.18 Å². The van der Waals surface area contributed by atoms with Gasteiger partial charge in [0.2, 0.25) is 0 Å². The van der Waals surface area contributed by atoms with Crippen LogP contribution in [0.25, 0.3) is 0 Å². The molecule has 0 aliphatic rings. The van der Waals surface area contributed by atoms with Crippen LogP contribution in [0.15, 0.2) is 24.3 Å². The van der Waals surface area contributed by atoms with Crippen molar-refractivity contribution in [2.75, 3.05) is 0 Å². The minimum Gasteiger partial charge on any atom is -0.295 e. The molecule has 0 fully saturated rings. The van der Waals surface area contributed by atoms with Crippen molar-refractivity contribution in [1.82, 2.24) is 0 Å². The van der Waals surface area contributed by atoms with Gasteiger partial charge in [-0.25, -0.2) is 4.39 Å². The van der Waals surface area contributed by atoms with Crippen LogP contribution in [0.5, 0.6) is 0 Å². The SMILES string of the molecule is [B]CC(=O)c1cccc(F)c1. The molecule has 0 aliphatic carbocycles.